The van der Waals surface area contributed by atoms with Crippen molar-refractivity contribution in [2.45, 2.75) is 103 Å². The van der Waals surface area contributed by atoms with E-state index in [1.54, 1.807) is 4.57 Å². The van der Waals surface area contributed by atoms with E-state index in [1.807, 2.05) is 0 Å². The van der Waals surface area contributed by atoms with Crippen molar-refractivity contribution in [3.8, 4) is 0 Å². The van der Waals surface area contributed by atoms with Crippen LogP contribution in [0.3, 0.4) is 0 Å². The number of hydrogen-bond acceptors (Lipinski definition) is 8. The van der Waals surface area contributed by atoms with Gasteiger partial charge in [-0.3, -0.25) is 19.1 Å². The Labute approximate surface area is 213 Å². The first-order valence-electron chi connectivity index (χ1n) is 13.3. The number of rotatable bonds is 20. The number of hydrogen-bond donors (Lipinski definition) is 3. The Balaban J connectivity index is 1.41. The first-order valence-corrected chi connectivity index (χ1v) is 13.3. The molecular formula is C26H43N5O5. The highest BCUT2D eigenvalue weighted by atomic mass is 16.6. The van der Waals surface area contributed by atoms with Gasteiger partial charge in [-0.1, -0.05) is 64.0 Å². The fraction of sp³-hybridized carbons (Fsp3) is 0.692. The van der Waals surface area contributed by atoms with Gasteiger partial charge in [0.2, 0.25) is 5.95 Å². The number of anilines is 1. The van der Waals surface area contributed by atoms with Crippen molar-refractivity contribution in [1.29, 1.82) is 0 Å². The van der Waals surface area contributed by atoms with Crippen molar-refractivity contribution >= 4 is 23.1 Å². The van der Waals surface area contributed by atoms with Crippen LogP contribution in [0.4, 0.5) is 5.95 Å². The molecule has 0 bridgehead atoms. The molecule has 0 unspecified atom stereocenters. The lowest BCUT2D eigenvalue weighted by Gasteiger charge is -2.07. The second-order valence-electron chi connectivity index (χ2n) is 9.11. The Morgan fingerprint density at radius 3 is 2.75 bits per heavy atom. The van der Waals surface area contributed by atoms with Gasteiger partial charge >= 0.3 is 5.97 Å². The molecule has 0 saturated heterocycles. The van der Waals surface area contributed by atoms with E-state index in [1.165, 1.54) is 25.6 Å². The number of nitrogen functional groups attached to an aromatic ring is 1. The molecule has 0 fully saturated rings. The van der Waals surface area contributed by atoms with Gasteiger partial charge in [0.05, 0.1) is 19.0 Å². The van der Waals surface area contributed by atoms with Crippen LogP contribution >= 0.6 is 0 Å². The Morgan fingerprint density at radius 2 is 1.92 bits per heavy atom. The smallest absolute Gasteiger partial charge is 0.305 e. The average molecular weight is 506 g/mol. The molecule has 0 aliphatic heterocycles. The molecule has 1 atom stereocenters. The minimum atomic E-state index is -0.401. The molecule has 2 aromatic heterocycles. The van der Waals surface area contributed by atoms with Gasteiger partial charge in [0.1, 0.15) is 13.3 Å². The Hall–Kier alpha value is -2.72. The molecule has 10 heteroatoms. The Kier molecular flexibility index (Phi) is 14.5. The fourth-order valence-corrected chi connectivity index (χ4v) is 3.87. The van der Waals surface area contributed by atoms with Crippen molar-refractivity contribution in [1.82, 2.24) is 19.5 Å². The number of aromatic nitrogens is 4. The molecule has 2 rings (SSSR count). The maximum Gasteiger partial charge on any atom is 0.305 e. The number of ether oxygens (including phenoxy) is 2. The fourth-order valence-electron chi connectivity index (χ4n) is 3.87. The molecular weight excluding hydrogens is 462 g/mol. The molecule has 4 N–H and O–H groups in total. The molecule has 2 aromatic rings. The highest BCUT2D eigenvalue weighted by molar-refractivity contribution is 5.70. The van der Waals surface area contributed by atoms with E-state index < -0.39 is 5.56 Å². The van der Waals surface area contributed by atoms with Gasteiger partial charge in [0.25, 0.3) is 5.56 Å². The molecule has 0 aliphatic carbocycles. The number of nitrogens with one attached hydrogen (secondary N) is 1. The van der Waals surface area contributed by atoms with Crippen LogP contribution in [0.1, 0.15) is 90.4 Å². The van der Waals surface area contributed by atoms with Crippen molar-refractivity contribution in [2.24, 2.45) is 0 Å². The summed E-state index contributed by atoms with van der Waals surface area (Å²) < 4.78 is 12.3. The summed E-state index contributed by atoms with van der Waals surface area (Å²) in [5.74, 6) is -0.205. The SMILES string of the molecule is CCCCCC[C@@H](O)CC=CCCCCCCCC(=O)OCCOCn1cnc2c(=O)[nH]c(N)nc21. The lowest BCUT2D eigenvalue weighted by molar-refractivity contribution is -0.145. The van der Waals surface area contributed by atoms with Gasteiger partial charge in [-0.25, -0.2) is 4.98 Å². The summed E-state index contributed by atoms with van der Waals surface area (Å²) in [5.41, 5.74) is 5.70. The third-order valence-corrected chi connectivity index (χ3v) is 5.93. The van der Waals surface area contributed by atoms with Gasteiger partial charge in [-0.2, -0.15) is 4.98 Å². The van der Waals surface area contributed by atoms with Crippen LogP contribution < -0.4 is 11.3 Å². The lowest BCUT2D eigenvalue weighted by Crippen LogP contribution is -2.14. The summed E-state index contributed by atoms with van der Waals surface area (Å²) in [6.07, 6.45) is 18.7. The Bertz CT molecular complexity index is 971. The number of aliphatic hydroxyl groups excluding tert-OH is 1. The molecule has 0 saturated carbocycles. The number of fused-ring (bicyclic) bond motifs is 1. The van der Waals surface area contributed by atoms with E-state index in [-0.39, 0.29) is 43.5 Å². The van der Waals surface area contributed by atoms with Crippen LogP contribution in [-0.4, -0.2) is 49.9 Å². The molecule has 0 radical (unpaired) electrons. The second kappa shape index (κ2) is 17.7. The zero-order valence-electron chi connectivity index (χ0n) is 21.6. The third kappa shape index (κ3) is 11.8. The number of H-pyrrole nitrogens is 1. The van der Waals surface area contributed by atoms with Crippen LogP contribution in [0.15, 0.2) is 23.3 Å². The number of allylic oxidation sites excluding steroid dienone is 1. The first kappa shape index (κ1) is 29.5. The van der Waals surface area contributed by atoms with Crippen LogP contribution in [0.2, 0.25) is 0 Å². The molecule has 0 amide bonds. The second-order valence-corrected chi connectivity index (χ2v) is 9.11. The minimum Gasteiger partial charge on any atom is -0.463 e. The van der Waals surface area contributed by atoms with Crippen LogP contribution in [0.5, 0.6) is 0 Å². The van der Waals surface area contributed by atoms with Crippen LogP contribution in [0.25, 0.3) is 11.2 Å². The van der Waals surface area contributed by atoms with E-state index >= 15 is 0 Å². The zero-order valence-corrected chi connectivity index (χ0v) is 21.6. The summed E-state index contributed by atoms with van der Waals surface area (Å²) in [6.45, 7) is 2.72. The summed E-state index contributed by atoms with van der Waals surface area (Å²) in [7, 11) is 0. The summed E-state index contributed by atoms with van der Waals surface area (Å²) in [5, 5.41) is 9.95. The summed E-state index contributed by atoms with van der Waals surface area (Å²) in [4.78, 5) is 34.1. The number of imidazole rings is 1. The van der Waals surface area contributed by atoms with E-state index in [0.29, 0.717) is 12.1 Å². The van der Waals surface area contributed by atoms with E-state index in [0.717, 1.165) is 57.8 Å². The van der Waals surface area contributed by atoms with E-state index in [2.05, 4.69) is 34.0 Å². The molecule has 2 heterocycles. The van der Waals surface area contributed by atoms with Crippen molar-refractivity contribution < 1.29 is 19.4 Å². The van der Waals surface area contributed by atoms with Crippen LogP contribution in [-0.2, 0) is 21.0 Å². The minimum absolute atomic E-state index is 0.0135. The zero-order chi connectivity index (χ0) is 26.0. The summed E-state index contributed by atoms with van der Waals surface area (Å²) in [6, 6.07) is 0. The standard InChI is InChI=1S/C26H43N5O5/c1-2-3-4-11-14-21(32)15-12-9-7-5-6-8-10-13-16-22(33)36-18-17-35-20-31-19-28-23-24(31)29-26(27)30-25(23)34/h9,12,19,21,32H,2-8,10-11,13-18,20H2,1H3,(H3,27,29,30,34)/t21-/m1/s1. The maximum absolute atomic E-state index is 11.9. The van der Waals surface area contributed by atoms with Gasteiger partial charge < -0.3 is 20.3 Å². The molecule has 0 aromatic carbocycles. The highest BCUT2D eigenvalue weighted by Gasteiger charge is 2.09. The van der Waals surface area contributed by atoms with E-state index in [4.69, 9.17) is 15.2 Å². The number of aliphatic hydroxyl groups is 1. The lowest BCUT2D eigenvalue weighted by atomic mass is 10.1. The van der Waals surface area contributed by atoms with Gasteiger partial charge in [0, 0.05) is 6.42 Å². The number of nitrogens with zero attached hydrogens (tertiary/aromatic N) is 3. The summed E-state index contributed by atoms with van der Waals surface area (Å²) >= 11 is 0. The number of aromatic amines is 1. The molecule has 0 aliphatic rings. The number of nitrogens with two attached hydrogens (primary N) is 1. The monoisotopic (exact) mass is 505 g/mol. The number of unbranched alkanes of at least 4 members (excludes halogenated alkanes) is 8. The molecule has 0 spiro atoms. The van der Waals surface area contributed by atoms with Crippen molar-refractivity contribution in [3.05, 3.63) is 28.8 Å². The Morgan fingerprint density at radius 1 is 1.14 bits per heavy atom. The largest absolute Gasteiger partial charge is 0.463 e. The predicted octanol–water partition coefficient (Wildman–Crippen LogP) is 4.23. The average Bonchev–Trinajstić information content (AvgIpc) is 3.25. The predicted molar refractivity (Wildman–Crippen MR) is 140 cm³/mol. The molecule has 202 valence electrons. The topological polar surface area (TPSA) is 145 Å². The molecule has 10 nitrogen and oxygen atoms in total. The quantitative estimate of drug-likeness (QED) is 0.138. The van der Waals surface area contributed by atoms with Gasteiger partial charge in [0.15, 0.2) is 11.2 Å². The number of carbonyl (C=O) groups excluding carboxylic acids is 1. The normalized spacial score (nSPS) is 12.5. The molecule has 36 heavy (non-hydrogen) atoms. The number of esters is 1. The third-order valence-electron chi connectivity index (χ3n) is 5.93. The highest BCUT2D eigenvalue weighted by Crippen LogP contribution is 2.11. The van der Waals surface area contributed by atoms with E-state index in [9.17, 15) is 14.7 Å². The van der Waals surface area contributed by atoms with Crippen molar-refractivity contribution in [3.63, 3.8) is 0 Å². The number of carbonyl (C=O) groups is 1. The van der Waals surface area contributed by atoms with Crippen LogP contribution in [0, 0.1) is 0 Å². The van der Waals surface area contributed by atoms with Gasteiger partial charge in [-0.05, 0) is 32.1 Å². The van der Waals surface area contributed by atoms with Gasteiger partial charge in [-0.15, -0.1) is 0 Å². The first-order chi connectivity index (χ1) is 17.5. The van der Waals surface area contributed by atoms with Crippen molar-refractivity contribution in [2.75, 3.05) is 18.9 Å². The maximum atomic E-state index is 11.9.